The number of benzene rings is 2. The first-order chi connectivity index (χ1) is 13.9. The molecule has 2 aromatic carbocycles. The third-order valence-electron chi connectivity index (χ3n) is 4.08. The number of nitrogens with one attached hydrogen (secondary N) is 1. The second-order valence-electron chi connectivity index (χ2n) is 6.59. The number of hydrogen-bond donors (Lipinski definition) is 1. The van der Waals surface area contributed by atoms with Gasteiger partial charge in [0.2, 0.25) is 10.0 Å². The van der Waals surface area contributed by atoms with Crippen molar-refractivity contribution in [3.05, 3.63) is 48.0 Å². The van der Waals surface area contributed by atoms with Crippen LogP contribution in [0.4, 0.5) is 14.5 Å². The summed E-state index contributed by atoms with van der Waals surface area (Å²) in [6, 6.07) is 5.73. The standard InChI is InChI=1S/C19H24F2N2O5S2/c1-5-23(6-2)30(26,27)15-8-10-18(28-13(3)4)17(12-15)22-29(24,25)19-11-14(20)7-9-16(19)21/h7-13,22H,5-6H2,1-4H3. The number of nitrogens with zero attached hydrogens (tertiary/aromatic N) is 1. The molecule has 0 atom stereocenters. The van der Waals surface area contributed by atoms with Crippen LogP contribution in [0.1, 0.15) is 27.7 Å². The highest BCUT2D eigenvalue weighted by Gasteiger charge is 2.26. The Morgan fingerprint density at radius 2 is 1.63 bits per heavy atom. The van der Waals surface area contributed by atoms with Gasteiger partial charge in [0.1, 0.15) is 22.3 Å². The van der Waals surface area contributed by atoms with Crippen molar-refractivity contribution in [1.29, 1.82) is 0 Å². The van der Waals surface area contributed by atoms with Gasteiger partial charge in [-0.1, -0.05) is 13.8 Å². The maximum Gasteiger partial charge on any atom is 0.265 e. The van der Waals surface area contributed by atoms with Gasteiger partial charge in [-0.2, -0.15) is 4.31 Å². The molecule has 0 heterocycles. The van der Waals surface area contributed by atoms with Crippen LogP contribution in [0, 0.1) is 11.6 Å². The van der Waals surface area contributed by atoms with Crippen LogP contribution >= 0.6 is 0 Å². The summed E-state index contributed by atoms with van der Waals surface area (Å²) in [6.45, 7) is 7.19. The van der Waals surface area contributed by atoms with Crippen LogP contribution < -0.4 is 9.46 Å². The van der Waals surface area contributed by atoms with E-state index in [0.29, 0.717) is 12.1 Å². The van der Waals surface area contributed by atoms with E-state index in [0.717, 1.165) is 12.1 Å². The smallest absolute Gasteiger partial charge is 0.265 e. The number of anilines is 1. The summed E-state index contributed by atoms with van der Waals surface area (Å²) >= 11 is 0. The van der Waals surface area contributed by atoms with Gasteiger partial charge < -0.3 is 4.74 Å². The number of sulfonamides is 2. The zero-order chi connectivity index (χ0) is 22.7. The minimum atomic E-state index is -4.57. The second kappa shape index (κ2) is 9.27. The molecule has 166 valence electrons. The average molecular weight is 463 g/mol. The van der Waals surface area contributed by atoms with Crippen LogP contribution in [0.3, 0.4) is 0 Å². The summed E-state index contributed by atoms with van der Waals surface area (Å²) < 4.78 is 87.4. The minimum absolute atomic E-state index is 0.0453. The van der Waals surface area contributed by atoms with Gasteiger partial charge in [-0.3, -0.25) is 4.72 Å². The van der Waals surface area contributed by atoms with Crippen molar-refractivity contribution < 1.29 is 30.4 Å². The van der Waals surface area contributed by atoms with Crippen molar-refractivity contribution >= 4 is 25.7 Å². The molecule has 0 aliphatic heterocycles. The fourth-order valence-electron chi connectivity index (χ4n) is 2.70. The Morgan fingerprint density at radius 3 is 2.20 bits per heavy atom. The molecular formula is C19H24F2N2O5S2. The minimum Gasteiger partial charge on any atom is -0.489 e. The average Bonchev–Trinajstić information content (AvgIpc) is 2.65. The zero-order valence-electron chi connectivity index (χ0n) is 17.0. The SMILES string of the molecule is CCN(CC)S(=O)(=O)c1ccc(OC(C)C)c(NS(=O)(=O)c2cc(F)ccc2F)c1. The molecule has 0 fully saturated rings. The highest BCUT2D eigenvalue weighted by Crippen LogP contribution is 2.32. The third kappa shape index (κ3) is 5.27. The predicted molar refractivity (Wildman–Crippen MR) is 109 cm³/mol. The van der Waals surface area contributed by atoms with Gasteiger partial charge in [-0.25, -0.2) is 25.6 Å². The topological polar surface area (TPSA) is 92.8 Å². The van der Waals surface area contributed by atoms with Crippen LogP contribution in [0.15, 0.2) is 46.2 Å². The van der Waals surface area contributed by atoms with E-state index >= 15 is 0 Å². The van der Waals surface area contributed by atoms with Crippen molar-refractivity contribution in [2.45, 2.75) is 43.6 Å². The van der Waals surface area contributed by atoms with E-state index in [1.54, 1.807) is 27.7 Å². The molecule has 0 unspecified atom stereocenters. The molecule has 2 aromatic rings. The quantitative estimate of drug-likeness (QED) is 0.615. The van der Waals surface area contributed by atoms with Crippen LogP contribution in [0.2, 0.25) is 0 Å². The van der Waals surface area contributed by atoms with Crippen LogP contribution in [-0.4, -0.2) is 40.3 Å². The van der Waals surface area contributed by atoms with Crippen LogP contribution in [-0.2, 0) is 20.0 Å². The van der Waals surface area contributed by atoms with E-state index < -0.39 is 36.6 Å². The summed E-state index contributed by atoms with van der Waals surface area (Å²) in [7, 11) is -8.47. The molecule has 0 bridgehead atoms. The van der Waals surface area contributed by atoms with Gasteiger partial charge in [0.15, 0.2) is 0 Å². The Hall–Kier alpha value is -2.24. The van der Waals surface area contributed by atoms with Crippen molar-refractivity contribution in [1.82, 2.24) is 4.31 Å². The summed E-state index contributed by atoms with van der Waals surface area (Å²) in [6.07, 6.45) is -0.357. The summed E-state index contributed by atoms with van der Waals surface area (Å²) in [4.78, 5) is -1.07. The number of hydrogen-bond acceptors (Lipinski definition) is 5. The highest BCUT2D eigenvalue weighted by atomic mass is 32.2. The Balaban J connectivity index is 2.60. The Morgan fingerprint density at radius 1 is 1.00 bits per heavy atom. The number of halogens is 2. The zero-order valence-corrected chi connectivity index (χ0v) is 18.6. The fraction of sp³-hybridized carbons (Fsp3) is 0.368. The van der Waals surface area contributed by atoms with E-state index in [2.05, 4.69) is 4.72 Å². The third-order valence-corrected chi connectivity index (χ3v) is 7.51. The molecule has 0 aliphatic rings. The molecule has 11 heteroatoms. The van der Waals surface area contributed by atoms with Gasteiger partial charge in [0.25, 0.3) is 10.0 Å². The first kappa shape index (κ1) is 24.0. The van der Waals surface area contributed by atoms with E-state index in [-0.39, 0.29) is 35.5 Å². The normalized spacial score (nSPS) is 12.4. The summed E-state index contributed by atoms with van der Waals surface area (Å²) in [5.74, 6) is -2.04. The van der Waals surface area contributed by atoms with Gasteiger partial charge in [-0.15, -0.1) is 0 Å². The van der Waals surface area contributed by atoms with Crippen molar-refractivity contribution in [2.75, 3.05) is 17.8 Å². The maximum absolute atomic E-state index is 14.0. The van der Waals surface area contributed by atoms with Gasteiger partial charge in [0.05, 0.1) is 16.7 Å². The van der Waals surface area contributed by atoms with Gasteiger partial charge >= 0.3 is 0 Å². The predicted octanol–water partition coefficient (Wildman–Crippen LogP) is 3.58. The van der Waals surface area contributed by atoms with Crippen molar-refractivity contribution in [3.63, 3.8) is 0 Å². The van der Waals surface area contributed by atoms with Crippen LogP contribution in [0.25, 0.3) is 0 Å². The summed E-state index contributed by atoms with van der Waals surface area (Å²) in [5, 5.41) is 0. The van der Waals surface area contributed by atoms with Gasteiger partial charge in [-0.05, 0) is 50.2 Å². The Kier molecular flexibility index (Phi) is 7.43. The van der Waals surface area contributed by atoms with E-state index in [9.17, 15) is 25.6 Å². The lowest BCUT2D eigenvalue weighted by Crippen LogP contribution is -2.30. The lowest BCUT2D eigenvalue weighted by molar-refractivity contribution is 0.243. The fourth-order valence-corrected chi connectivity index (χ4v) is 5.34. The Labute approximate surface area is 175 Å². The molecular weight excluding hydrogens is 438 g/mol. The molecule has 30 heavy (non-hydrogen) atoms. The highest BCUT2D eigenvalue weighted by molar-refractivity contribution is 7.92. The number of rotatable bonds is 9. The Bertz CT molecular complexity index is 1120. The van der Waals surface area contributed by atoms with Crippen LogP contribution in [0.5, 0.6) is 5.75 Å². The van der Waals surface area contributed by atoms with E-state index in [1.807, 2.05) is 0 Å². The molecule has 7 nitrogen and oxygen atoms in total. The largest absolute Gasteiger partial charge is 0.489 e. The molecule has 0 aliphatic carbocycles. The lowest BCUT2D eigenvalue weighted by Gasteiger charge is -2.21. The molecule has 0 amide bonds. The first-order valence-corrected chi connectivity index (χ1v) is 12.1. The molecule has 0 aromatic heterocycles. The molecule has 0 saturated carbocycles. The molecule has 0 saturated heterocycles. The second-order valence-corrected chi connectivity index (χ2v) is 10.2. The van der Waals surface area contributed by atoms with E-state index in [4.69, 9.17) is 4.74 Å². The molecule has 0 radical (unpaired) electrons. The van der Waals surface area contributed by atoms with Gasteiger partial charge in [0, 0.05) is 13.1 Å². The molecule has 2 rings (SSSR count). The lowest BCUT2D eigenvalue weighted by atomic mass is 10.3. The molecule has 0 spiro atoms. The monoisotopic (exact) mass is 462 g/mol. The first-order valence-electron chi connectivity index (χ1n) is 9.21. The summed E-state index contributed by atoms with van der Waals surface area (Å²) in [5.41, 5.74) is -0.208. The molecule has 1 N–H and O–H groups in total. The van der Waals surface area contributed by atoms with Crippen molar-refractivity contribution in [2.24, 2.45) is 0 Å². The van der Waals surface area contributed by atoms with Crippen molar-refractivity contribution in [3.8, 4) is 5.75 Å². The number of ether oxygens (including phenoxy) is 1. The maximum atomic E-state index is 14.0. The van der Waals surface area contributed by atoms with E-state index in [1.165, 1.54) is 16.4 Å².